The maximum atomic E-state index is 13.4. The van der Waals surface area contributed by atoms with E-state index in [0.717, 1.165) is 0 Å². The molecule has 0 aliphatic heterocycles. The molecule has 1 aromatic heterocycles. The van der Waals surface area contributed by atoms with Crippen LogP contribution in [0.1, 0.15) is 0 Å². The van der Waals surface area contributed by atoms with Crippen LogP contribution in [0.4, 0.5) is 16.0 Å². The quantitative estimate of drug-likeness (QED) is 0.750. The first-order valence-corrected chi connectivity index (χ1v) is 4.46. The van der Waals surface area contributed by atoms with Gasteiger partial charge in [0.15, 0.2) is 11.6 Å². The van der Waals surface area contributed by atoms with Gasteiger partial charge in [0.25, 0.3) is 0 Å². The Hall–Kier alpha value is -2.37. The van der Waals surface area contributed by atoms with Gasteiger partial charge < -0.3 is 16.2 Å². The molecule has 16 heavy (non-hydrogen) atoms. The van der Waals surface area contributed by atoms with Crippen molar-refractivity contribution in [1.29, 1.82) is 0 Å². The fourth-order valence-electron chi connectivity index (χ4n) is 1.13. The minimum atomic E-state index is -0.558. The Labute approximate surface area is 90.9 Å². The fraction of sp³-hybridized carbons (Fsp3) is 0. The first-order valence-electron chi connectivity index (χ1n) is 4.46. The van der Waals surface area contributed by atoms with Gasteiger partial charge in [0.2, 0.25) is 11.8 Å². The Bertz CT molecular complexity index is 518. The van der Waals surface area contributed by atoms with Crippen molar-refractivity contribution in [1.82, 2.24) is 9.97 Å². The number of anilines is 2. The number of nitrogen functional groups attached to an aromatic ring is 2. The molecule has 4 N–H and O–H groups in total. The van der Waals surface area contributed by atoms with E-state index in [4.69, 9.17) is 16.2 Å². The van der Waals surface area contributed by atoms with Crippen LogP contribution >= 0.6 is 0 Å². The van der Waals surface area contributed by atoms with Gasteiger partial charge in [-0.25, -0.2) is 9.37 Å². The largest absolute Gasteiger partial charge is 0.436 e. The molecule has 0 spiro atoms. The molecule has 1 heterocycles. The van der Waals surface area contributed by atoms with Crippen LogP contribution in [0.2, 0.25) is 0 Å². The van der Waals surface area contributed by atoms with Crippen LogP contribution in [-0.2, 0) is 0 Å². The lowest BCUT2D eigenvalue weighted by Crippen LogP contribution is -1.97. The van der Waals surface area contributed by atoms with Crippen LogP contribution in [-0.4, -0.2) is 9.97 Å². The molecule has 6 heteroatoms. The van der Waals surface area contributed by atoms with E-state index < -0.39 is 5.82 Å². The number of hydrogen-bond acceptors (Lipinski definition) is 5. The molecular weight excluding hydrogens is 211 g/mol. The Morgan fingerprint density at radius 2 is 2.00 bits per heavy atom. The summed E-state index contributed by atoms with van der Waals surface area (Å²) >= 11 is 0. The highest BCUT2D eigenvalue weighted by atomic mass is 19.1. The molecule has 0 aliphatic carbocycles. The van der Waals surface area contributed by atoms with E-state index >= 15 is 0 Å². The molecule has 0 saturated heterocycles. The molecule has 2 rings (SSSR count). The Kier molecular flexibility index (Phi) is 2.55. The SMILES string of the molecule is Nc1ccc(Oc2ccnc(N)n2)c(F)c1. The standard InChI is InChI=1S/C10H9FN4O/c11-7-5-6(12)1-2-8(7)16-9-3-4-14-10(13)15-9/h1-5H,12H2,(H2,13,14,15). The lowest BCUT2D eigenvalue weighted by Gasteiger charge is -2.06. The molecule has 0 amide bonds. The normalized spacial score (nSPS) is 10.1. The molecule has 0 saturated carbocycles. The zero-order valence-electron chi connectivity index (χ0n) is 8.22. The van der Waals surface area contributed by atoms with E-state index in [0.29, 0.717) is 5.69 Å². The highest BCUT2D eigenvalue weighted by Crippen LogP contribution is 2.24. The maximum absolute atomic E-state index is 13.4. The predicted octanol–water partition coefficient (Wildman–Crippen LogP) is 1.57. The van der Waals surface area contributed by atoms with E-state index in [-0.39, 0.29) is 17.6 Å². The van der Waals surface area contributed by atoms with Crippen LogP contribution < -0.4 is 16.2 Å². The van der Waals surface area contributed by atoms with Gasteiger partial charge in [0, 0.05) is 24.0 Å². The highest BCUT2D eigenvalue weighted by Gasteiger charge is 2.06. The lowest BCUT2D eigenvalue weighted by atomic mass is 10.3. The van der Waals surface area contributed by atoms with Crippen LogP contribution in [0.15, 0.2) is 30.5 Å². The average molecular weight is 220 g/mol. The first kappa shape index (κ1) is 10.2. The van der Waals surface area contributed by atoms with Crippen molar-refractivity contribution in [2.45, 2.75) is 0 Å². The third-order valence-electron chi connectivity index (χ3n) is 1.82. The minimum Gasteiger partial charge on any atom is -0.436 e. The first-order chi connectivity index (χ1) is 7.65. The van der Waals surface area contributed by atoms with Crippen molar-refractivity contribution in [3.05, 3.63) is 36.3 Å². The third kappa shape index (κ3) is 2.17. The number of aromatic nitrogens is 2. The van der Waals surface area contributed by atoms with E-state index in [1.807, 2.05) is 0 Å². The molecule has 82 valence electrons. The average Bonchev–Trinajstić information content (AvgIpc) is 2.22. The molecule has 5 nitrogen and oxygen atoms in total. The van der Waals surface area contributed by atoms with Gasteiger partial charge in [-0.1, -0.05) is 0 Å². The molecule has 0 atom stereocenters. The van der Waals surface area contributed by atoms with Crippen LogP contribution in [0.5, 0.6) is 11.6 Å². The van der Waals surface area contributed by atoms with Crippen molar-refractivity contribution in [2.24, 2.45) is 0 Å². The van der Waals surface area contributed by atoms with Crippen molar-refractivity contribution < 1.29 is 9.13 Å². The summed E-state index contributed by atoms with van der Waals surface area (Å²) in [6.07, 6.45) is 1.42. The second-order valence-corrected chi connectivity index (χ2v) is 3.04. The molecular formula is C10H9FN4O. The molecule has 0 unspecified atom stereocenters. The summed E-state index contributed by atoms with van der Waals surface area (Å²) in [5.41, 5.74) is 11.1. The summed E-state index contributed by atoms with van der Waals surface area (Å²) in [5.74, 6) is -0.283. The van der Waals surface area contributed by atoms with E-state index in [2.05, 4.69) is 9.97 Å². The second kappa shape index (κ2) is 4.01. The molecule has 0 bridgehead atoms. The van der Waals surface area contributed by atoms with Gasteiger partial charge in [0.05, 0.1) is 0 Å². The summed E-state index contributed by atoms with van der Waals surface area (Å²) in [6.45, 7) is 0. The number of halogens is 1. The molecule has 0 fully saturated rings. The summed E-state index contributed by atoms with van der Waals surface area (Å²) in [6, 6.07) is 5.60. The number of nitrogens with two attached hydrogens (primary N) is 2. The predicted molar refractivity (Wildman–Crippen MR) is 57.3 cm³/mol. The third-order valence-corrected chi connectivity index (χ3v) is 1.82. The number of nitrogens with zero attached hydrogens (tertiary/aromatic N) is 2. The maximum Gasteiger partial charge on any atom is 0.224 e. The number of ether oxygens (including phenoxy) is 1. The van der Waals surface area contributed by atoms with E-state index in [1.165, 1.54) is 30.5 Å². The van der Waals surface area contributed by atoms with Gasteiger partial charge in [-0.2, -0.15) is 4.98 Å². The number of benzene rings is 1. The Morgan fingerprint density at radius 3 is 2.69 bits per heavy atom. The van der Waals surface area contributed by atoms with Crippen molar-refractivity contribution >= 4 is 11.6 Å². The topological polar surface area (TPSA) is 87.0 Å². The van der Waals surface area contributed by atoms with Crippen molar-refractivity contribution in [3.8, 4) is 11.6 Å². The van der Waals surface area contributed by atoms with E-state index in [9.17, 15) is 4.39 Å². The molecule has 1 aromatic carbocycles. The van der Waals surface area contributed by atoms with Gasteiger partial charge in [-0.05, 0) is 12.1 Å². The van der Waals surface area contributed by atoms with Crippen molar-refractivity contribution in [2.75, 3.05) is 11.5 Å². The summed E-state index contributed by atoms with van der Waals surface area (Å²) < 4.78 is 18.5. The minimum absolute atomic E-state index is 0.0345. The van der Waals surface area contributed by atoms with Crippen molar-refractivity contribution in [3.63, 3.8) is 0 Å². The number of hydrogen-bond donors (Lipinski definition) is 2. The van der Waals surface area contributed by atoms with Gasteiger partial charge in [0.1, 0.15) is 0 Å². The molecule has 2 aromatic rings. The van der Waals surface area contributed by atoms with E-state index in [1.54, 1.807) is 0 Å². The monoisotopic (exact) mass is 220 g/mol. The summed E-state index contributed by atoms with van der Waals surface area (Å²) in [5, 5.41) is 0. The zero-order valence-corrected chi connectivity index (χ0v) is 8.22. The van der Waals surface area contributed by atoms with Gasteiger partial charge in [-0.15, -0.1) is 0 Å². The molecule has 0 radical (unpaired) electrons. The van der Waals surface area contributed by atoms with Crippen LogP contribution in [0, 0.1) is 5.82 Å². The smallest absolute Gasteiger partial charge is 0.224 e. The Balaban J connectivity index is 2.27. The van der Waals surface area contributed by atoms with Crippen LogP contribution in [0.25, 0.3) is 0 Å². The second-order valence-electron chi connectivity index (χ2n) is 3.04. The zero-order chi connectivity index (χ0) is 11.5. The highest BCUT2D eigenvalue weighted by molar-refractivity contribution is 5.43. The van der Waals surface area contributed by atoms with Gasteiger partial charge >= 0.3 is 0 Å². The summed E-state index contributed by atoms with van der Waals surface area (Å²) in [4.78, 5) is 7.47. The van der Waals surface area contributed by atoms with Crippen LogP contribution in [0.3, 0.4) is 0 Å². The fourth-order valence-corrected chi connectivity index (χ4v) is 1.13. The number of rotatable bonds is 2. The molecule has 0 aliphatic rings. The summed E-state index contributed by atoms with van der Waals surface area (Å²) in [7, 11) is 0. The van der Waals surface area contributed by atoms with Gasteiger partial charge in [-0.3, -0.25) is 0 Å². The lowest BCUT2D eigenvalue weighted by molar-refractivity contribution is 0.427. The Morgan fingerprint density at radius 1 is 1.19 bits per heavy atom.